The molecular formula is C15H26N2O2Si. The summed E-state index contributed by atoms with van der Waals surface area (Å²) in [5.74, 6) is 0.574. The molecule has 4 N–H and O–H groups in total. The van der Waals surface area contributed by atoms with Crippen molar-refractivity contribution in [2.24, 2.45) is 5.73 Å². The van der Waals surface area contributed by atoms with E-state index < -0.39 is 8.32 Å². The van der Waals surface area contributed by atoms with Gasteiger partial charge in [-0.15, -0.1) is 0 Å². The van der Waals surface area contributed by atoms with Crippen LogP contribution in [0.5, 0.6) is 5.75 Å². The lowest BCUT2D eigenvalue weighted by Gasteiger charge is -2.36. The van der Waals surface area contributed by atoms with Crippen LogP contribution in [0.25, 0.3) is 0 Å². The largest absolute Gasteiger partial charge is 0.542 e. The van der Waals surface area contributed by atoms with Crippen molar-refractivity contribution in [2.75, 3.05) is 12.3 Å². The molecule has 0 atom stereocenters. The molecule has 112 valence electrons. The number of para-hydroxylation sites is 1. The van der Waals surface area contributed by atoms with Crippen molar-refractivity contribution in [2.45, 2.75) is 45.3 Å². The van der Waals surface area contributed by atoms with Gasteiger partial charge in [-0.3, -0.25) is 4.79 Å². The fourth-order valence-corrected chi connectivity index (χ4v) is 2.60. The number of rotatable bonds is 5. The number of carbonyl (C=O) groups is 1. The van der Waals surface area contributed by atoms with E-state index in [0.29, 0.717) is 30.0 Å². The van der Waals surface area contributed by atoms with Crippen molar-refractivity contribution in [1.82, 2.24) is 0 Å². The average molecular weight is 294 g/mol. The maximum absolute atomic E-state index is 12.0. The number of nitrogens with two attached hydrogens (primary N) is 2. The van der Waals surface area contributed by atoms with Crippen molar-refractivity contribution >= 4 is 19.8 Å². The van der Waals surface area contributed by atoms with E-state index >= 15 is 0 Å². The van der Waals surface area contributed by atoms with Crippen molar-refractivity contribution in [3.8, 4) is 5.75 Å². The van der Waals surface area contributed by atoms with Crippen LogP contribution in [0.4, 0.5) is 5.69 Å². The van der Waals surface area contributed by atoms with Crippen LogP contribution in [-0.4, -0.2) is 20.6 Å². The van der Waals surface area contributed by atoms with Gasteiger partial charge in [-0.25, -0.2) is 0 Å². The Morgan fingerprint density at radius 2 is 1.90 bits per heavy atom. The van der Waals surface area contributed by atoms with E-state index in [1.807, 2.05) is 12.1 Å². The summed E-state index contributed by atoms with van der Waals surface area (Å²) in [4.78, 5) is 12.0. The minimum atomic E-state index is -1.97. The van der Waals surface area contributed by atoms with Gasteiger partial charge in [0.05, 0.1) is 5.69 Å². The molecular weight excluding hydrogens is 268 g/mol. The fraction of sp³-hybridized carbons (Fsp3) is 0.533. The highest BCUT2D eigenvalue weighted by Crippen LogP contribution is 2.39. The van der Waals surface area contributed by atoms with Crippen molar-refractivity contribution in [3.63, 3.8) is 0 Å². The molecule has 0 amide bonds. The molecule has 0 aliphatic carbocycles. The molecule has 0 aromatic heterocycles. The minimum Gasteiger partial charge on any atom is -0.542 e. The summed E-state index contributed by atoms with van der Waals surface area (Å²) in [6, 6.07) is 5.36. The molecule has 4 nitrogen and oxygen atoms in total. The molecule has 0 radical (unpaired) electrons. The number of ketones is 1. The van der Waals surface area contributed by atoms with Crippen LogP contribution < -0.4 is 15.9 Å². The van der Waals surface area contributed by atoms with Gasteiger partial charge in [0.2, 0.25) is 0 Å². The van der Waals surface area contributed by atoms with Gasteiger partial charge in [-0.1, -0.05) is 26.8 Å². The number of Topliss-reactive ketones (excluding diaryl/α,β-unsaturated/α-hetero) is 1. The molecule has 0 aliphatic heterocycles. The topological polar surface area (TPSA) is 78.3 Å². The molecule has 20 heavy (non-hydrogen) atoms. The second-order valence-electron chi connectivity index (χ2n) is 6.54. The predicted octanol–water partition coefficient (Wildman–Crippen LogP) is 3.18. The van der Waals surface area contributed by atoms with Gasteiger partial charge in [0.15, 0.2) is 5.78 Å². The molecule has 1 aromatic carbocycles. The summed E-state index contributed by atoms with van der Waals surface area (Å²) in [7, 11) is -1.97. The van der Waals surface area contributed by atoms with Crippen LogP contribution in [0.2, 0.25) is 18.1 Å². The van der Waals surface area contributed by atoms with Crippen LogP contribution in [0.1, 0.15) is 37.6 Å². The lowest BCUT2D eigenvalue weighted by molar-refractivity contribution is 0.0986. The Kier molecular flexibility index (Phi) is 4.99. The molecule has 5 heteroatoms. The zero-order chi connectivity index (χ0) is 15.6. The van der Waals surface area contributed by atoms with Crippen molar-refractivity contribution in [1.29, 1.82) is 0 Å². The fourth-order valence-electron chi connectivity index (χ4n) is 1.57. The van der Waals surface area contributed by atoms with Crippen LogP contribution in [0.3, 0.4) is 0 Å². The monoisotopic (exact) mass is 294 g/mol. The molecule has 0 unspecified atom stereocenters. The minimum absolute atomic E-state index is 0.0364. The predicted molar refractivity (Wildman–Crippen MR) is 86.7 cm³/mol. The summed E-state index contributed by atoms with van der Waals surface area (Å²) in [5.41, 5.74) is 12.5. The third-order valence-electron chi connectivity index (χ3n) is 3.91. The summed E-state index contributed by atoms with van der Waals surface area (Å²) in [6.45, 7) is 11.1. The Bertz CT molecular complexity index is 493. The molecule has 0 saturated carbocycles. The third-order valence-corrected chi connectivity index (χ3v) is 8.25. The second kappa shape index (κ2) is 5.97. The van der Waals surface area contributed by atoms with E-state index in [9.17, 15) is 4.79 Å². The van der Waals surface area contributed by atoms with E-state index in [4.69, 9.17) is 15.9 Å². The van der Waals surface area contributed by atoms with Gasteiger partial charge < -0.3 is 15.9 Å². The van der Waals surface area contributed by atoms with Crippen LogP contribution in [0, 0.1) is 0 Å². The number of nitrogen functional groups attached to an aromatic ring is 1. The van der Waals surface area contributed by atoms with E-state index in [2.05, 4.69) is 33.9 Å². The van der Waals surface area contributed by atoms with Crippen LogP contribution in [0.15, 0.2) is 18.2 Å². The first-order chi connectivity index (χ1) is 9.10. The molecule has 0 aliphatic rings. The molecule has 0 bridgehead atoms. The third kappa shape index (κ3) is 3.61. The molecule has 1 aromatic rings. The Balaban J connectivity index is 3.10. The van der Waals surface area contributed by atoms with E-state index in [1.54, 1.807) is 6.07 Å². The highest BCUT2D eigenvalue weighted by molar-refractivity contribution is 6.74. The summed E-state index contributed by atoms with van der Waals surface area (Å²) >= 11 is 0. The Labute approximate surface area is 122 Å². The highest BCUT2D eigenvalue weighted by atomic mass is 28.4. The number of benzene rings is 1. The van der Waals surface area contributed by atoms with Crippen molar-refractivity contribution in [3.05, 3.63) is 23.8 Å². The maximum atomic E-state index is 12.0. The lowest BCUT2D eigenvalue weighted by Crippen LogP contribution is -2.44. The first kappa shape index (κ1) is 16.7. The van der Waals surface area contributed by atoms with Gasteiger partial charge in [0.25, 0.3) is 8.32 Å². The van der Waals surface area contributed by atoms with Crippen LogP contribution in [-0.2, 0) is 0 Å². The highest BCUT2D eigenvalue weighted by Gasteiger charge is 2.39. The number of hydrogen-bond acceptors (Lipinski definition) is 4. The Morgan fingerprint density at radius 1 is 1.30 bits per heavy atom. The smallest absolute Gasteiger partial charge is 0.250 e. The van der Waals surface area contributed by atoms with E-state index in [1.165, 1.54) is 0 Å². The Morgan fingerprint density at radius 3 is 2.40 bits per heavy atom. The first-order valence-corrected chi connectivity index (χ1v) is 9.82. The van der Waals surface area contributed by atoms with Crippen molar-refractivity contribution < 1.29 is 9.22 Å². The second-order valence-corrected chi connectivity index (χ2v) is 11.3. The summed E-state index contributed by atoms with van der Waals surface area (Å²) < 4.78 is 6.20. The summed E-state index contributed by atoms with van der Waals surface area (Å²) in [6.07, 6.45) is 0.299. The Hall–Kier alpha value is -1.33. The van der Waals surface area contributed by atoms with Gasteiger partial charge in [-0.2, -0.15) is 0 Å². The maximum Gasteiger partial charge on any atom is 0.250 e. The number of carbonyl (C=O) groups excluding carboxylic acids is 1. The standard InChI is InChI=1S/C15H26N2O2Si/c1-15(2,3)20(4,5)19-13-8-6-7-11(14(13)17)12(18)9-10-16/h6-8H,9-10,16-17H2,1-5H3. The summed E-state index contributed by atoms with van der Waals surface area (Å²) in [5, 5.41) is 0.0801. The SMILES string of the molecule is CC(C)(C)[Si](C)(C)Oc1cccc(C(=O)CCN)c1N. The average Bonchev–Trinajstić information content (AvgIpc) is 2.30. The van der Waals surface area contributed by atoms with Gasteiger partial charge in [0, 0.05) is 12.0 Å². The molecule has 0 saturated heterocycles. The number of anilines is 1. The molecule has 0 spiro atoms. The van der Waals surface area contributed by atoms with Crippen LogP contribution >= 0.6 is 0 Å². The van der Waals surface area contributed by atoms with Gasteiger partial charge in [-0.05, 0) is 36.8 Å². The lowest BCUT2D eigenvalue weighted by atomic mass is 10.1. The zero-order valence-corrected chi connectivity index (χ0v) is 14.1. The van der Waals surface area contributed by atoms with E-state index in [0.717, 1.165) is 0 Å². The normalized spacial score (nSPS) is 12.3. The molecule has 1 rings (SSSR count). The molecule has 0 heterocycles. The number of hydrogen-bond donors (Lipinski definition) is 2. The molecule has 0 fully saturated rings. The quantitative estimate of drug-likeness (QED) is 0.496. The van der Waals surface area contributed by atoms with E-state index in [-0.39, 0.29) is 10.8 Å². The van der Waals surface area contributed by atoms with Gasteiger partial charge >= 0.3 is 0 Å². The zero-order valence-electron chi connectivity index (χ0n) is 13.1. The first-order valence-electron chi connectivity index (χ1n) is 6.91. The van der Waals surface area contributed by atoms with Gasteiger partial charge in [0.1, 0.15) is 5.75 Å².